The summed E-state index contributed by atoms with van der Waals surface area (Å²) in [5, 5.41) is 1.08. The molecule has 0 saturated heterocycles. The summed E-state index contributed by atoms with van der Waals surface area (Å²) in [5.74, 6) is -0.375. The lowest BCUT2D eigenvalue weighted by molar-refractivity contribution is 0.0519. The molecule has 0 aliphatic carbocycles. The van der Waals surface area contributed by atoms with Crippen LogP contribution in [0.2, 0.25) is 0 Å². The molecule has 0 aromatic carbocycles. The van der Waals surface area contributed by atoms with Gasteiger partial charge in [-0.05, 0) is 32.4 Å². The Morgan fingerprint density at radius 3 is 2.94 bits per heavy atom. The number of hydrogen-bond donors (Lipinski definition) is 1. The number of hydrogen-bond acceptors (Lipinski definition) is 3. The summed E-state index contributed by atoms with van der Waals surface area (Å²) in [6.07, 6.45) is 1.91. The van der Waals surface area contributed by atoms with E-state index in [1.54, 1.807) is 13.0 Å². The minimum absolute atomic E-state index is 0.355. The number of aromatic amines is 1. The fraction of sp³-hybridized carbons (Fsp3) is 0.333. The number of aromatic nitrogens is 2. The zero-order chi connectivity index (χ0) is 11.7. The van der Waals surface area contributed by atoms with Crippen LogP contribution in [0.4, 0.5) is 0 Å². The third-order valence-electron chi connectivity index (χ3n) is 2.52. The molecular weight excluding hydrogens is 204 g/mol. The summed E-state index contributed by atoms with van der Waals surface area (Å²) in [6.45, 7) is 6.05. The largest absolute Gasteiger partial charge is 0.461 e. The second-order valence-electron chi connectivity index (χ2n) is 3.71. The Labute approximate surface area is 93.6 Å². The normalized spacial score (nSPS) is 10.7. The van der Waals surface area contributed by atoms with Gasteiger partial charge in [-0.15, -0.1) is 0 Å². The summed E-state index contributed by atoms with van der Waals surface area (Å²) >= 11 is 0. The average Bonchev–Trinajstić information content (AvgIpc) is 2.61. The molecule has 0 spiro atoms. The molecule has 2 heterocycles. The van der Waals surface area contributed by atoms with Crippen LogP contribution in [0.15, 0.2) is 12.3 Å². The molecule has 2 rings (SSSR count). The van der Waals surface area contributed by atoms with Crippen LogP contribution >= 0.6 is 0 Å². The molecule has 16 heavy (non-hydrogen) atoms. The van der Waals surface area contributed by atoms with Crippen molar-refractivity contribution in [3.8, 4) is 0 Å². The number of aryl methyl sites for hydroxylation is 2. The first-order chi connectivity index (χ1) is 7.63. The highest BCUT2D eigenvalue weighted by Gasteiger charge is 2.12. The first-order valence-corrected chi connectivity index (χ1v) is 5.26. The number of nitrogens with zero attached hydrogens (tertiary/aromatic N) is 1. The van der Waals surface area contributed by atoms with E-state index in [1.165, 1.54) is 0 Å². The summed E-state index contributed by atoms with van der Waals surface area (Å²) < 4.78 is 4.92. The highest BCUT2D eigenvalue weighted by Crippen LogP contribution is 2.21. The van der Waals surface area contributed by atoms with Crippen molar-refractivity contribution in [2.75, 3.05) is 6.61 Å². The van der Waals surface area contributed by atoms with E-state index in [9.17, 15) is 4.79 Å². The van der Waals surface area contributed by atoms with Crippen molar-refractivity contribution < 1.29 is 9.53 Å². The van der Waals surface area contributed by atoms with Crippen molar-refractivity contribution in [3.05, 3.63) is 29.2 Å². The quantitative estimate of drug-likeness (QED) is 0.787. The molecule has 2 aromatic rings. The van der Waals surface area contributed by atoms with E-state index in [0.29, 0.717) is 12.3 Å². The fourth-order valence-electron chi connectivity index (χ4n) is 1.85. The van der Waals surface area contributed by atoms with E-state index in [2.05, 4.69) is 9.97 Å². The number of H-pyrrole nitrogens is 1. The SMILES string of the molecule is CCOC(=O)c1cc2[nH]cc(C)c2c(C)n1. The van der Waals surface area contributed by atoms with Gasteiger partial charge in [-0.3, -0.25) is 0 Å². The van der Waals surface area contributed by atoms with Crippen LogP contribution in [-0.4, -0.2) is 22.5 Å². The number of rotatable bonds is 2. The molecule has 0 aliphatic heterocycles. The smallest absolute Gasteiger partial charge is 0.356 e. The summed E-state index contributed by atoms with van der Waals surface area (Å²) in [6, 6.07) is 1.73. The zero-order valence-electron chi connectivity index (χ0n) is 9.63. The van der Waals surface area contributed by atoms with Crippen LogP contribution < -0.4 is 0 Å². The Morgan fingerprint density at radius 1 is 1.50 bits per heavy atom. The van der Waals surface area contributed by atoms with Crippen LogP contribution in [0.25, 0.3) is 10.9 Å². The minimum Gasteiger partial charge on any atom is -0.461 e. The maximum atomic E-state index is 11.5. The molecule has 0 radical (unpaired) electrons. The molecule has 4 heteroatoms. The van der Waals surface area contributed by atoms with Gasteiger partial charge in [-0.25, -0.2) is 9.78 Å². The van der Waals surface area contributed by atoms with Gasteiger partial charge in [0.05, 0.1) is 6.61 Å². The number of nitrogens with one attached hydrogen (secondary N) is 1. The number of carbonyl (C=O) groups excluding carboxylic acids is 1. The van der Waals surface area contributed by atoms with Crippen molar-refractivity contribution in [1.29, 1.82) is 0 Å². The molecule has 0 atom stereocenters. The van der Waals surface area contributed by atoms with E-state index < -0.39 is 0 Å². The van der Waals surface area contributed by atoms with Gasteiger partial charge < -0.3 is 9.72 Å². The lowest BCUT2D eigenvalue weighted by Gasteiger charge is -2.03. The maximum Gasteiger partial charge on any atom is 0.356 e. The predicted octanol–water partition coefficient (Wildman–Crippen LogP) is 2.36. The van der Waals surface area contributed by atoms with Crippen molar-refractivity contribution in [1.82, 2.24) is 9.97 Å². The molecule has 0 unspecified atom stereocenters. The molecule has 0 amide bonds. The lowest BCUT2D eigenvalue weighted by atomic mass is 10.1. The van der Waals surface area contributed by atoms with E-state index in [-0.39, 0.29) is 5.97 Å². The molecule has 0 aliphatic rings. The Kier molecular flexibility index (Phi) is 2.64. The number of esters is 1. The molecule has 0 saturated carbocycles. The first kappa shape index (κ1) is 10.7. The van der Waals surface area contributed by atoms with Crippen molar-refractivity contribution >= 4 is 16.9 Å². The Morgan fingerprint density at radius 2 is 2.25 bits per heavy atom. The fourth-order valence-corrected chi connectivity index (χ4v) is 1.85. The van der Waals surface area contributed by atoms with Crippen molar-refractivity contribution in [3.63, 3.8) is 0 Å². The van der Waals surface area contributed by atoms with Gasteiger partial charge in [0.15, 0.2) is 5.69 Å². The van der Waals surface area contributed by atoms with E-state index in [1.807, 2.05) is 20.0 Å². The van der Waals surface area contributed by atoms with Gasteiger partial charge in [0.1, 0.15) is 0 Å². The van der Waals surface area contributed by atoms with Crippen LogP contribution in [-0.2, 0) is 4.74 Å². The zero-order valence-corrected chi connectivity index (χ0v) is 9.63. The van der Waals surface area contributed by atoms with Crippen molar-refractivity contribution in [2.45, 2.75) is 20.8 Å². The second-order valence-corrected chi connectivity index (χ2v) is 3.71. The number of ether oxygens (including phenoxy) is 1. The number of fused-ring (bicyclic) bond motifs is 1. The minimum atomic E-state index is -0.375. The third-order valence-corrected chi connectivity index (χ3v) is 2.52. The lowest BCUT2D eigenvalue weighted by Crippen LogP contribution is -2.07. The molecule has 4 nitrogen and oxygen atoms in total. The van der Waals surface area contributed by atoms with Gasteiger partial charge in [-0.2, -0.15) is 0 Å². The van der Waals surface area contributed by atoms with E-state index in [4.69, 9.17) is 4.74 Å². The van der Waals surface area contributed by atoms with Crippen LogP contribution in [0.3, 0.4) is 0 Å². The topological polar surface area (TPSA) is 55.0 Å². The molecular formula is C12H14N2O2. The molecule has 1 N–H and O–H groups in total. The van der Waals surface area contributed by atoms with Gasteiger partial charge in [0.2, 0.25) is 0 Å². The van der Waals surface area contributed by atoms with E-state index >= 15 is 0 Å². The van der Waals surface area contributed by atoms with Crippen molar-refractivity contribution in [2.24, 2.45) is 0 Å². The second kappa shape index (κ2) is 3.96. The predicted molar refractivity (Wildman–Crippen MR) is 61.5 cm³/mol. The van der Waals surface area contributed by atoms with Gasteiger partial charge in [-0.1, -0.05) is 0 Å². The van der Waals surface area contributed by atoms with Crippen LogP contribution in [0.1, 0.15) is 28.7 Å². The maximum absolute atomic E-state index is 11.5. The summed E-state index contributed by atoms with van der Waals surface area (Å²) in [7, 11) is 0. The molecule has 2 aromatic heterocycles. The number of carbonyl (C=O) groups is 1. The van der Waals surface area contributed by atoms with Gasteiger partial charge >= 0.3 is 5.97 Å². The molecule has 0 bridgehead atoms. The highest BCUT2D eigenvalue weighted by molar-refractivity contribution is 5.94. The number of pyridine rings is 1. The average molecular weight is 218 g/mol. The monoisotopic (exact) mass is 218 g/mol. The highest BCUT2D eigenvalue weighted by atomic mass is 16.5. The Hall–Kier alpha value is -1.84. The van der Waals surface area contributed by atoms with Crippen LogP contribution in [0.5, 0.6) is 0 Å². The molecule has 0 fully saturated rings. The Bertz CT molecular complexity index is 543. The van der Waals surface area contributed by atoms with E-state index in [0.717, 1.165) is 22.2 Å². The first-order valence-electron chi connectivity index (χ1n) is 5.26. The van der Waals surface area contributed by atoms with Gasteiger partial charge in [0.25, 0.3) is 0 Å². The standard InChI is InChI=1S/C12H14N2O2/c1-4-16-12(15)10-5-9-11(8(3)14-10)7(2)6-13-9/h5-6,13H,4H2,1-3H3. The summed E-state index contributed by atoms with van der Waals surface area (Å²) in [5.41, 5.74) is 3.26. The summed E-state index contributed by atoms with van der Waals surface area (Å²) in [4.78, 5) is 18.9. The van der Waals surface area contributed by atoms with Gasteiger partial charge in [0, 0.05) is 22.8 Å². The van der Waals surface area contributed by atoms with Crippen LogP contribution in [0, 0.1) is 13.8 Å². The third kappa shape index (κ3) is 1.66. The molecule has 84 valence electrons. The Balaban J connectivity index is 2.54.